The fraction of sp³-hybridized carbons (Fsp3) is 0.733. The Labute approximate surface area is 127 Å². The van der Waals surface area contributed by atoms with Crippen molar-refractivity contribution in [3.63, 3.8) is 0 Å². The van der Waals surface area contributed by atoms with Gasteiger partial charge in [0, 0.05) is 31.4 Å². The normalized spacial score (nSPS) is 12.0. The molecule has 0 saturated carbocycles. The minimum atomic E-state index is 0.720. The largest absolute Gasteiger partial charge is 0.356 e. The first-order valence-corrected chi connectivity index (χ1v) is 8.29. The Hall–Kier alpha value is -1.10. The van der Waals surface area contributed by atoms with Gasteiger partial charge in [-0.05, 0) is 19.8 Å². The second kappa shape index (κ2) is 8.95. The van der Waals surface area contributed by atoms with Gasteiger partial charge in [-0.1, -0.05) is 26.7 Å². The molecule has 5 heteroatoms. The van der Waals surface area contributed by atoms with Crippen molar-refractivity contribution in [2.75, 3.05) is 20.1 Å². The van der Waals surface area contributed by atoms with Crippen LogP contribution in [0.5, 0.6) is 0 Å². The molecule has 0 aromatic carbocycles. The molecule has 0 aliphatic heterocycles. The summed E-state index contributed by atoms with van der Waals surface area (Å²) in [6, 6.07) is 0. The van der Waals surface area contributed by atoms with Crippen molar-refractivity contribution in [3.8, 4) is 0 Å². The molecule has 1 heterocycles. The molecule has 0 radical (unpaired) electrons. The Morgan fingerprint density at radius 3 is 2.45 bits per heavy atom. The standard InChI is InChI=1S/C15H28N4S/c1-6-13(7-2)10-18-15(16-5)17-9-8-14-19-11(3)12(4)20-14/h13H,6-10H2,1-5H3,(H2,16,17,18). The second-order valence-corrected chi connectivity index (χ2v) is 6.35. The average molecular weight is 296 g/mol. The van der Waals surface area contributed by atoms with E-state index in [4.69, 9.17) is 0 Å². The van der Waals surface area contributed by atoms with Gasteiger partial charge in [-0.3, -0.25) is 4.99 Å². The molecule has 0 fully saturated rings. The highest BCUT2D eigenvalue weighted by atomic mass is 32.1. The zero-order valence-electron chi connectivity index (χ0n) is 13.4. The van der Waals surface area contributed by atoms with E-state index >= 15 is 0 Å². The van der Waals surface area contributed by atoms with Crippen LogP contribution in [-0.2, 0) is 6.42 Å². The van der Waals surface area contributed by atoms with Crippen LogP contribution in [-0.4, -0.2) is 31.1 Å². The van der Waals surface area contributed by atoms with Crippen molar-refractivity contribution < 1.29 is 0 Å². The first-order chi connectivity index (χ1) is 9.60. The predicted octanol–water partition coefficient (Wildman–Crippen LogP) is 2.90. The molecule has 0 aliphatic carbocycles. The zero-order chi connectivity index (χ0) is 15.0. The third kappa shape index (κ3) is 5.49. The van der Waals surface area contributed by atoms with Gasteiger partial charge < -0.3 is 10.6 Å². The van der Waals surface area contributed by atoms with E-state index in [9.17, 15) is 0 Å². The third-order valence-corrected chi connectivity index (χ3v) is 4.77. The van der Waals surface area contributed by atoms with Gasteiger partial charge in [0.25, 0.3) is 0 Å². The number of aliphatic imine (C=N–C) groups is 1. The van der Waals surface area contributed by atoms with Gasteiger partial charge in [0.2, 0.25) is 0 Å². The summed E-state index contributed by atoms with van der Waals surface area (Å²) >= 11 is 1.79. The summed E-state index contributed by atoms with van der Waals surface area (Å²) in [5.41, 5.74) is 1.15. The van der Waals surface area contributed by atoms with Gasteiger partial charge >= 0.3 is 0 Å². The molecule has 1 aromatic rings. The lowest BCUT2D eigenvalue weighted by atomic mass is 10.0. The highest BCUT2D eigenvalue weighted by molar-refractivity contribution is 7.11. The second-order valence-electron chi connectivity index (χ2n) is 5.06. The van der Waals surface area contributed by atoms with E-state index in [-0.39, 0.29) is 0 Å². The molecule has 114 valence electrons. The lowest BCUT2D eigenvalue weighted by Gasteiger charge is -2.16. The molecule has 0 saturated heterocycles. The number of hydrogen-bond acceptors (Lipinski definition) is 3. The molecule has 0 amide bonds. The summed E-state index contributed by atoms with van der Waals surface area (Å²) in [4.78, 5) is 10.1. The maximum absolute atomic E-state index is 4.55. The van der Waals surface area contributed by atoms with E-state index in [0.717, 1.165) is 37.1 Å². The minimum Gasteiger partial charge on any atom is -0.356 e. The van der Waals surface area contributed by atoms with Gasteiger partial charge in [-0.15, -0.1) is 11.3 Å². The molecule has 0 aliphatic rings. The number of nitrogens with zero attached hydrogens (tertiary/aromatic N) is 2. The predicted molar refractivity (Wildman–Crippen MR) is 88.7 cm³/mol. The number of aryl methyl sites for hydroxylation is 2. The van der Waals surface area contributed by atoms with Crippen LogP contribution < -0.4 is 10.6 Å². The molecule has 0 bridgehead atoms. The lowest BCUT2D eigenvalue weighted by molar-refractivity contribution is 0.481. The molecule has 2 N–H and O–H groups in total. The number of thiazole rings is 1. The highest BCUT2D eigenvalue weighted by Gasteiger charge is 2.06. The maximum Gasteiger partial charge on any atom is 0.190 e. The topological polar surface area (TPSA) is 49.3 Å². The van der Waals surface area contributed by atoms with Crippen LogP contribution in [0.3, 0.4) is 0 Å². The molecule has 20 heavy (non-hydrogen) atoms. The van der Waals surface area contributed by atoms with Crippen molar-refractivity contribution >= 4 is 17.3 Å². The van der Waals surface area contributed by atoms with Crippen molar-refractivity contribution in [2.24, 2.45) is 10.9 Å². The lowest BCUT2D eigenvalue weighted by Crippen LogP contribution is -2.40. The number of guanidine groups is 1. The van der Waals surface area contributed by atoms with Crippen LogP contribution in [0.2, 0.25) is 0 Å². The Kier molecular flexibility index (Phi) is 7.59. The molecule has 0 unspecified atom stereocenters. The Balaban J connectivity index is 2.31. The molecule has 1 rings (SSSR count). The fourth-order valence-electron chi connectivity index (χ4n) is 1.97. The van der Waals surface area contributed by atoms with Gasteiger partial charge in [0.15, 0.2) is 5.96 Å². The van der Waals surface area contributed by atoms with E-state index in [0.29, 0.717) is 0 Å². The van der Waals surface area contributed by atoms with Crippen LogP contribution in [0.25, 0.3) is 0 Å². The number of nitrogens with one attached hydrogen (secondary N) is 2. The SMILES string of the molecule is CCC(CC)CNC(=NC)NCCc1nc(C)c(C)s1. The van der Waals surface area contributed by atoms with E-state index in [1.165, 1.54) is 22.7 Å². The molecular formula is C15H28N4S. The Bertz CT molecular complexity index is 402. The highest BCUT2D eigenvalue weighted by Crippen LogP contribution is 2.16. The molecule has 1 aromatic heterocycles. The quantitative estimate of drug-likeness (QED) is 0.601. The van der Waals surface area contributed by atoms with Crippen LogP contribution in [0, 0.1) is 19.8 Å². The summed E-state index contributed by atoms with van der Waals surface area (Å²) in [5.74, 6) is 1.61. The first kappa shape index (κ1) is 17.0. The maximum atomic E-state index is 4.55. The zero-order valence-corrected chi connectivity index (χ0v) is 14.2. The van der Waals surface area contributed by atoms with Gasteiger partial charge in [0.05, 0.1) is 10.7 Å². The summed E-state index contributed by atoms with van der Waals surface area (Å²) < 4.78 is 0. The number of rotatable bonds is 7. The molecule has 4 nitrogen and oxygen atoms in total. The molecule has 0 atom stereocenters. The van der Waals surface area contributed by atoms with Crippen LogP contribution in [0.15, 0.2) is 4.99 Å². The van der Waals surface area contributed by atoms with E-state index in [2.05, 4.69) is 48.3 Å². The molecular weight excluding hydrogens is 268 g/mol. The van der Waals surface area contributed by atoms with E-state index in [1.807, 2.05) is 7.05 Å². The average Bonchev–Trinajstić information content (AvgIpc) is 2.76. The fourth-order valence-corrected chi connectivity index (χ4v) is 2.91. The van der Waals surface area contributed by atoms with E-state index in [1.54, 1.807) is 11.3 Å². The monoisotopic (exact) mass is 296 g/mol. The summed E-state index contributed by atoms with van der Waals surface area (Å²) in [5, 5.41) is 7.95. The van der Waals surface area contributed by atoms with Crippen molar-refractivity contribution in [1.82, 2.24) is 15.6 Å². The van der Waals surface area contributed by atoms with Crippen molar-refractivity contribution in [3.05, 3.63) is 15.6 Å². The van der Waals surface area contributed by atoms with Gasteiger partial charge in [-0.25, -0.2) is 4.98 Å². The summed E-state index contributed by atoms with van der Waals surface area (Å²) in [7, 11) is 1.82. The van der Waals surface area contributed by atoms with Crippen LogP contribution >= 0.6 is 11.3 Å². The minimum absolute atomic E-state index is 0.720. The first-order valence-electron chi connectivity index (χ1n) is 7.48. The third-order valence-electron chi connectivity index (χ3n) is 3.64. The Morgan fingerprint density at radius 2 is 1.95 bits per heavy atom. The van der Waals surface area contributed by atoms with Crippen LogP contribution in [0.4, 0.5) is 0 Å². The number of hydrogen-bond donors (Lipinski definition) is 2. The van der Waals surface area contributed by atoms with Crippen molar-refractivity contribution in [1.29, 1.82) is 0 Å². The number of aromatic nitrogens is 1. The van der Waals surface area contributed by atoms with Crippen molar-refractivity contribution in [2.45, 2.75) is 47.0 Å². The molecule has 0 spiro atoms. The van der Waals surface area contributed by atoms with Gasteiger partial charge in [0.1, 0.15) is 0 Å². The van der Waals surface area contributed by atoms with E-state index < -0.39 is 0 Å². The smallest absolute Gasteiger partial charge is 0.190 e. The Morgan fingerprint density at radius 1 is 1.25 bits per heavy atom. The van der Waals surface area contributed by atoms with Gasteiger partial charge in [-0.2, -0.15) is 0 Å². The summed E-state index contributed by atoms with van der Waals surface area (Å²) in [6.07, 6.45) is 3.36. The van der Waals surface area contributed by atoms with Crippen LogP contribution in [0.1, 0.15) is 42.3 Å². The summed E-state index contributed by atoms with van der Waals surface area (Å²) in [6.45, 7) is 10.5.